The van der Waals surface area contributed by atoms with Crippen LogP contribution in [-0.4, -0.2) is 53.1 Å². The Morgan fingerprint density at radius 2 is 2.00 bits per heavy atom. The number of ether oxygens (including phenoxy) is 2. The number of aromatic nitrogens is 2. The molecule has 0 bridgehead atoms. The van der Waals surface area contributed by atoms with E-state index >= 15 is 0 Å². The predicted octanol–water partition coefficient (Wildman–Crippen LogP) is 3.53. The number of benzene rings is 2. The minimum atomic E-state index is -0.314. The molecule has 0 saturated carbocycles. The average molecular weight is 482 g/mol. The van der Waals surface area contributed by atoms with E-state index in [9.17, 15) is 14.4 Å². The second kappa shape index (κ2) is 10.2. The minimum absolute atomic E-state index is 0.187. The van der Waals surface area contributed by atoms with Crippen molar-refractivity contribution in [1.29, 1.82) is 0 Å². The summed E-state index contributed by atoms with van der Waals surface area (Å²) in [6.07, 6.45) is 1.44. The van der Waals surface area contributed by atoms with Gasteiger partial charge in [0.15, 0.2) is 4.77 Å². The molecule has 0 radical (unpaired) electrons. The number of piperidine rings is 1. The van der Waals surface area contributed by atoms with Crippen LogP contribution in [0.15, 0.2) is 47.3 Å². The van der Waals surface area contributed by atoms with E-state index in [0.29, 0.717) is 48.3 Å². The van der Waals surface area contributed by atoms with Gasteiger partial charge < -0.3 is 19.4 Å². The molecule has 0 spiro atoms. The molecule has 0 aliphatic carbocycles. The summed E-state index contributed by atoms with van der Waals surface area (Å²) in [4.78, 5) is 43.3. The third kappa shape index (κ3) is 4.75. The number of para-hydroxylation sites is 1. The van der Waals surface area contributed by atoms with Gasteiger partial charge in [0.1, 0.15) is 5.75 Å². The zero-order chi connectivity index (χ0) is 24.2. The second-order valence-corrected chi connectivity index (χ2v) is 8.62. The van der Waals surface area contributed by atoms with Crippen molar-refractivity contribution in [1.82, 2.24) is 14.5 Å². The van der Waals surface area contributed by atoms with Crippen molar-refractivity contribution in [2.45, 2.75) is 26.3 Å². The molecule has 34 heavy (non-hydrogen) atoms. The molecule has 3 aromatic rings. The third-order valence-electron chi connectivity index (χ3n) is 6.08. The summed E-state index contributed by atoms with van der Waals surface area (Å²) in [5, 5.41) is 0.433. The Hall–Kier alpha value is -3.46. The number of aromatic amines is 1. The van der Waals surface area contributed by atoms with E-state index in [1.807, 2.05) is 24.3 Å². The Kier molecular flexibility index (Phi) is 7.12. The van der Waals surface area contributed by atoms with Gasteiger partial charge in [-0.1, -0.05) is 18.2 Å². The van der Waals surface area contributed by atoms with Gasteiger partial charge in [-0.05, 0) is 56.2 Å². The predicted molar refractivity (Wildman–Crippen MR) is 131 cm³/mol. The van der Waals surface area contributed by atoms with Crippen molar-refractivity contribution < 1.29 is 19.1 Å². The number of hydrogen-bond acceptors (Lipinski definition) is 6. The number of fused-ring (bicyclic) bond motifs is 1. The fourth-order valence-corrected chi connectivity index (χ4v) is 4.59. The normalized spacial score (nSPS) is 15.8. The largest absolute Gasteiger partial charge is 0.496 e. The summed E-state index contributed by atoms with van der Waals surface area (Å²) in [6.45, 7) is 3.25. The van der Waals surface area contributed by atoms with Crippen molar-refractivity contribution in [3.05, 3.63) is 68.7 Å². The molecule has 2 heterocycles. The number of nitrogens with one attached hydrogen (secondary N) is 1. The van der Waals surface area contributed by atoms with Crippen molar-refractivity contribution in [2.75, 3.05) is 26.8 Å². The van der Waals surface area contributed by atoms with Gasteiger partial charge in [-0.25, -0.2) is 0 Å². The lowest BCUT2D eigenvalue weighted by Gasteiger charge is -2.31. The highest BCUT2D eigenvalue weighted by Gasteiger charge is 2.30. The van der Waals surface area contributed by atoms with Crippen LogP contribution in [0.25, 0.3) is 10.9 Å². The van der Waals surface area contributed by atoms with E-state index in [2.05, 4.69) is 4.98 Å². The van der Waals surface area contributed by atoms with E-state index in [0.717, 1.165) is 12.0 Å². The van der Waals surface area contributed by atoms with Gasteiger partial charge in [0.25, 0.3) is 11.5 Å². The van der Waals surface area contributed by atoms with Crippen molar-refractivity contribution in [3.63, 3.8) is 0 Å². The van der Waals surface area contributed by atoms with Gasteiger partial charge in [-0.2, -0.15) is 0 Å². The molecule has 1 aliphatic heterocycles. The maximum absolute atomic E-state index is 13.2. The summed E-state index contributed by atoms with van der Waals surface area (Å²) in [5.41, 5.74) is 1.52. The summed E-state index contributed by atoms with van der Waals surface area (Å²) in [6, 6.07) is 12.4. The van der Waals surface area contributed by atoms with Crippen LogP contribution in [0.4, 0.5) is 0 Å². The minimum Gasteiger partial charge on any atom is -0.496 e. The molecule has 1 aromatic heterocycles. The first-order valence-electron chi connectivity index (χ1n) is 11.3. The lowest BCUT2D eigenvalue weighted by Crippen LogP contribution is -2.42. The molecule has 1 fully saturated rings. The lowest BCUT2D eigenvalue weighted by atomic mass is 9.97. The number of esters is 1. The van der Waals surface area contributed by atoms with Gasteiger partial charge in [-0.15, -0.1) is 0 Å². The van der Waals surface area contributed by atoms with E-state index in [1.54, 1.807) is 37.1 Å². The molecule has 1 atom stereocenters. The van der Waals surface area contributed by atoms with Gasteiger partial charge in [-0.3, -0.25) is 19.0 Å². The van der Waals surface area contributed by atoms with Gasteiger partial charge >= 0.3 is 5.97 Å². The zero-order valence-electron chi connectivity index (χ0n) is 19.2. The first-order valence-corrected chi connectivity index (χ1v) is 11.7. The molecule has 1 amide bonds. The number of hydrogen-bond donors (Lipinski definition) is 1. The molecule has 0 unspecified atom stereocenters. The van der Waals surface area contributed by atoms with Gasteiger partial charge in [0, 0.05) is 24.2 Å². The number of carbonyl (C=O) groups excluding carboxylic acids is 2. The Balaban J connectivity index is 1.62. The lowest BCUT2D eigenvalue weighted by molar-refractivity contribution is -0.149. The molecule has 9 heteroatoms. The van der Waals surface area contributed by atoms with Crippen LogP contribution in [0, 0.1) is 10.7 Å². The van der Waals surface area contributed by atoms with Crippen molar-refractivity contribution in [2.24, 2.45) is 5.92 Å². The molecule has 8 nitrogen and oxygen atoms in total. The summed E-state index contributed by atoms with van der Waals surface area (Å²) < 4.78 is 12.3. The van der Waals surface area contributed by atoms with E-state index in [4.69, 9.17) is 21.7 Å². The summed E-state index contributed by atoms with van der Waals surface area (Å²) in [5.74, 6) is -0.0924. The van der Waals surface area contributed by atoms with Gasteiger partial charge in [0.2, 0.25) is 0 Å². The number of carbonyl (C=O) groups is 2. The smallest absolute Gasteiger partial charge is 0.310 e. The van der Waals surface area contributed by atoms with Crippen LogP contribution >= 0.6 is 12.2 Å². The first-order chi connectivity index (χ1) is 16.4. The zero-order valence-corrected chi connectivity index (χ0v) is 20.0. The first kappa shape index (κ1) is 23.7. The number of rotatable bonds is 6. The summed E-state index contributed by atoms with van der Waals surface area (Å²) >= 11 is 5.47. The van der Waals surface area contributed by atoms with E-state index in [-0.39, 0.29) is 34.7 Å². The van der Waals surface area contributed by atoms with Crippen LogP contribution in [0.2, 0.25) is 0 Å². The molecular formula is C25H27N3O5S. The van der Waals surface area contributed by atoms with Crippen molar-refractivity contribution in [3.8, 4) is 5.75 Å². The molecule has 1 N–H and O–H groups in total. The SMILES string of the molecule is CCOC(=O)[C@H]1CCCN(C(=O)c2ccc3c(=O)n(Cc4ccccc4OC)c(=S)[nH]c3c2)C1. The Labute approximate surface area is 202 Å². The van der Waals surface area contributed by atoms with Crippen LogP contribution < -0.4 is 10.3 Å². The van der Waals surface area contributed by atoms with Crippen LogP contribution in [0.3, 0.4) is 0 Å². The van der Waals surface area contributed by atoms with E-state index in [1.165, 1.54) is 4.57 Å². The molecule has 4 rings (SSSR count). The number of nitrogens with zero attached hydrogens (tertiary/aromatic N) is 2. The molecular weight excluding hydrogens is 454 g/mol. The summed E-state index contributed by atoms with van der Waals surface area (Å²) in [7, 11) is 1.58. The van der Waals surface area contributed by atoms with Crippen LogP contribution in [0.5, 0.6) is 5.75 Å². The fourth-order valence-electron chi connectivity index (χ4n) is 4.33. The van der Waals surface area contributed by atoms with Crippen LogP contribution in [-0.2, 0) is 16.1 Å². The fraction of sp³-hybridized carbons (Fsp3) is 0.360. The standard InChI is InChI=1S/C25H27N3O5S/c1-3-33-24(31)18-8-6-12-27(14-18)22(29)16-10-11-19-20(13-16)26-25(34)28(23(19)30)15-17-7-4-5-9-21(17)32-2/h4-5,7,9-11,13,18H,3,6,8,12,14-15H2,1-2H3,(H,26,34)/t18-/m0/s1. The number of methoxy groups -OCH3 is 1. The molecule has 2 aromatic carbocycles. The average Bonchev–Trinajstić information content (AvgIpc) is 2.86. The third-order valence-corrected chi connectivity index (χ3v) is 6.40. The maximum atomic E-state index is 13.2. The highest BCUT2D eigenvalue weighted by atomic mass is 32.1. The van der Waals surface area contributed by atoms with E-state index < -0.39 is 0 Å². The highest BCUT2D eigenvalue weighted by molar-refractivity contribution is 7.71. The highest BCUT2D eigenvalue weighted by Crippen LogP contribution is 2.22. The second-order valence-electron chi connectivity index (χ2n) is 8.24. The molecule has 1 aliphatic rings. The monoisotopic (exact) mass is 481 g/mol. The van der Waals surface area contributed by atoms with Crippen molar-refractivity contribution >= 4 is 35.0 Å². The Morgan fingerprint density at radius 1 is 1.21 bits per heavy atom. The number of likely N-dealkylation sites (tertiary alicyclic amines) is 1. The Morgan fingerprint density at radius 3 is 2.76 bits per heavy atom. The quantitative estimate of drug-likeness (QED) is 0.428. The maximum Gasteiger partial charge on any atom is 0.310 e. The van der Waals surface area contributed by atoms with Crippen LogP contribution in [0.1, 0.15) is 35.7 Å². The topological polar surface area (TPSA) is 93.6 Å². The number of H-pyrrole nitrogens is 1. The van der Waals surface area contributed by atoms with Gasteiger partial charge in [0.05, 0.1) is 37.1 Å². The number of amides is 1. The molecule has 178 valence electrons. The Bertz CT molecular complexity index is 1350. The molecule has 1 saturated heterocycles.